The van der Waals surface area contributed by atoms with Crippen LogP contribution in [0, 0.1) is 11.8 Å². The Balaban J connectivity index is 1.28. The van der Waals surface area contributed by atoms with Crippen LogP contribution in [0.3, 0.4) is 0 Å². The molecule has 0 bridgehead atoms. The molecule has 3 aliphatic rings. The highest BCUT2D eigenvalue weighted by Crippen LogP contribution is 2.35. The summed E-state index contributed by atoms with van der Waals surface area (Å²) in [5.41, 5.74) is 2.27. The zero-order valence-corrected chi connectivity index (χ0v) is 31.5. The van der Waals surface area contributed by atoms with Crippen LogP contribution >= 0.6 is 0 Å². The van der Waals surface area contributed by atoms with E-state index in [4.69, 9.17) is 14.2 Å². The van der Waals surface area contributed by atoms with Gasteiger partial charge in [0, 0.05) is 37.1 Å². The molecule has 0 spiro atoms. The van der Waals surface area contributed by atoms with Crippen molar-refractivity contribution in [1.29, 1.82) is 0 Å². The van der Waals surface area contributed by atoms with Gasteiger partial charge in [0.1, 0.15) is 6.10 Å². The molecule has 0 radical (unpaired) electrons. The number of rotatable bonds is 20. The summed E-state index contributed by atoms with van der Waals surface area (Å²) in [5.74, 6) is -0.419. The second kappa shape index (κ2) is 19.0. The summed E-state index contributed by atoms with van der Waals surface area (Å²) in [6.07, 6.45) is 8.03. The molecule has 3 heterocycles. The van der Waals surface area contributed by atoms with E-state index in [2.05, 4.69) is 22.9 Å². The smallest absolute Gasteiger partial charge is 0.407 e. The maximum Gasteiger partial charge on any atom is 0.407 e. The van der Waals surface area contributed by atoms with E-state index in [1.54, 1.807) is 12.3 Å². The fourth-order valence-electron chi connectivity index (χ4n) is 7.01. The molecule has 2 fully saturated rings. The third kappa shape index (κ3) is 10.6. The first-order valence-corrected chi connectivity index (χ1v) is 20.3. The molecule has 5 atom stereocenters. The highest BCUT2D eigenvalue weighted by Gasteiger charge is 2.44. The Hall–Kier alpha value is -3.49. The van der Waals surface area contributed by atoms with Crippen molar-refractivity contribution in [2.45, 2.75) is 108 Å². The molecule has 0 aromatic heterocycles. The monoisotopic (exact) mass is 740 g/mol. The van der Waals surface area contributed by atoms with Crippen molar-refractivity contribution in [3.8, 4) is 0 Å². The van der Waals surface area contributed by atoms with E-state index in [9.17, 15) is 23.1 Å². The molecule has 286 valence electrons. The number of sulfonamides is 1. The summed E-state index contributed by atoms with van der Waals surface area (Å²) in [7, 11) is -4.15. The van der Waals surface area contributed by atoms with Gasteiger partial charge in [-0.1, -0.05) is 89.6 Å². The van der Waals surface area contributed by atoms with Crippen LogP contribution in [0.5, 0.6) is 0 Å². The minimum atomic E-state index is -4.15. The second-order valence-corrected chi connectivity index (χ2v) is 16.4. The van der Waals surface area contributed by atoms with Crippen molar-refractivity contribution in [2.75, 3.05) is 38.2 Å². The van der Waals surface area contributed by atoms with Crippen molar-refractivity contribution in [3.63, 3.8) is 0 Å². The van der Waals surface area contributed by atoms with Gasteiger partial charge in [0.2, 0.25) is 10.0 Å². The number of nitrogens with zero attached hydrogens (tertiary/aromatic N) is 1. The lowest BCUT2D eigenvalue weighted by atomic mass is 10.0. The average molecular weight is 741 g/mol. The number of hydrogen-bond acceptors (Lipinski definition) is 9. The summed E-state index contributed by atoms with van der Waals surface area (Å²) in [6, 6.07) is 13.1. The van der Waals surface area contributed by atoms with Crippen LogP contribution < -0.4 is 16.0 Å². The largest absolute Gasteiger partial charge is 0.443 e. The number of aliphatic hydroxyl groups excluding tert-OH is 1. The summed E-state index contributed by atoms with van der Waals surface area (Å²) in [6.45, 7) is 7.34. The molecule has 0 aliphatic carbocycles. The van der Waals surface area contributed by atoms with Crippen LogP contribution in [0.25, 0.3) is 5.57 Å². The molecule has 12 nitrogen and oxygen atoms in total. The lowest BCUT2D eigenvalue weighted by molar-refractivity contribution is -0.110. The number of carbonyl (C=O) groups is 2. The molecule has 5 unspecified atom stereocenters. The van der Waals surface area contributed by atoms with Gasteiger partial charge in [0.25, 0.3) is 5.91 Å². The Morgan fingerprint density at radius 2 is 1.81 bits per heavy atom. The number of amides is 2. The molecule has 2 saturated heterocycles. The third-order valence-corrected chi connectivity index (χ3v) is 11.7. The maximum absolute atomic E-state index is 14.3. The SMILES string of the molecule is CCCCCCCCCN/C=C1/C(=O)Nc2ccc(S(=O)(=O)N(CC(C)C)CC(O)C(Cc3ccccc3)NC(=O)OC3COC4OCCC34)cc21. The summed E-state index contributed by atoms with van der Waals surface area (Å²) in [5, 5.41) is 20.6. The van der Waals surface area contributed by atoms with E-state index in [1.807, 2.05) is 44.2 Å². The van der Waals surface area contributed by atoms with E-state index in [0.717, 1.165) is 24.8 Å². The van der Waals surface area contributed by atoms with Crippen molar-refractivity contribution in [3.05, 3.63) is 65.9 Å². The minimum absolute atomic E-state index is 0.00938. The zero-order chi connectivity index (χ0) is 37.1. The fourth-order valence-corrected chi connectivity index (χ4v) is 8.66. The normalized spacial score (nSPS) is 21.6. The summed E-state index contributed by atoms with van der Waals surface area (Å²) >= 11 is 0. The maximum atomic E-state index is 14.3. The molecule has 2 aromatic rings. The highest BCUT2D eigenvalue weighted by molar-refractivity contribution is 7.89. The Labute approximate surface area is 308 Å². The number of carbonyl (C=O) groups excluding carboxylic acids is 2. The van der Waals surface area contributed by atoms with E-state index < -0.39 is 34.4 Å². The molecule has 5 rings (SSSR count). The second-order valence-electron chi connectivity index (χ2n) is 14.5. The Morgan fingerprint density at radius 1 is 1.06 bits per heavy atom. The number of benzene rings is 2. The Bertz CT molecular complexity index is 1620. The Morgan fingerprint density at radius 3 is 2.56 bits per heavy atom. The molecule has 52 heavy (non-hydrogen) atoms. The first-order valence-electron chi connectivity index (χ1n) is 18.9. The minimum Gasteiger partial charge on any atom is -0.443 e. The molecule has 13 heteroatoms. The predicted molar refractivity (Wildman–Crippen MR) is 200 cm³/mol. The van der Waals surface area contributed by atoms with Gasteiger partial charge >= 0.3 is 6.09 Å². The standard InChI is InChI=1S/C39H56N4O8S/c1-4-5-6-7-8-9-13-19-40-23-32-31-22-29(16-17-33(31)41-37(32)45)52(47,48)43(24-27(2)3)25-35(44)34(21-28-14-11-10-12-15-28)42-39(46)51-36-26-50-38-30(36)18-20-49-38/h10-12,14-17,22-23,27,30,34-36,38,40,44H,4-9,13,18-21,24-26H2,1-3H3,(H,41,45)(H,42,46)/b32-23+. The van der Waals surface area contributed by atoms with Crippen molar-refractivity contribution < 1.29 is 37.3 Å². The number of unbranched alkanes of at least 4 members (excludes halogenated alkanes) is 6. The first-order chi connectivity index (χ1) is 25.1. The molecular weight excluding hydrogens is 685 g/mol. The van der Waals surface area contributed by atoms with Crippen LogP contribution in [0.4, 0.5) is 10.5 Å². The lowest BCUT2D eigenvalue weighted by Crippen LogP contribution is -2.51. The summed E-state index contributed by atoms with van der Waals surface area (Å²) < 4.78 is 46.7. The van der Waals surface area contributed by atoms with E-state index in [-0.39, 0.29) is 55.0 Å². The fraction of sp³-hybridized carbons (Fsp3) is 0.590. The van der Waals surface area contributed by atoms with Crippen molar-refractivity contribution in [2.24, 2.45) is 11.8 Å². The van der Waals surface area contributed by atoms with Crippen LogP contribution in [-0.2, 0) is 35.4 Å². The zero-order valence-electron chi connectivity index (χ0n) is 30.7. The van der Waals surface area contributed by atoms with Gasteiger partial charge in [-0.25, -0.2) is 13.2 Å². The number of hydrogen-bond donors (Lipinski definition) is 4. The van der Waals surface area contributed by atoms with Crippen molar-refractivity contribution in [1.82, 2.24) is 14.9 Å². The molecule has 0 saturated carbocycles. The highest BCUT2D eigenvalue weighted by atomic mass is 32.2. The topological polar surface area (TPSA) is 156 Å². The number of ether oxygens (including phenoxy) is 3. The number of fused-ring (bicyclic) bond motifs is 2. The van der Waals surface area contributed by atoms with Crippen molar-refractivity contribution >= 4 is 33.3 Å². The van der Waals surface area contributed by atoms with E-state index in [0.29, 0.717) is 30.0 Å². The van der Waals surface area contributed by atoms with Gasteiger partial charge in [0.15, 0.2) is 6.29 Å². The molecular formula is C39H56N4O8S. The van der Waals surface area contributed by atoms with E-state index in [1.165, 1.54) is 48.5 Å². The van der Waals surface area contributed by atoms with Crippen LogP contribution in [0.1, 0.15) is 83.3 Å². The molecule has 4 N–H and O–H groups in total. The lowest BCUT2D eigenvalue weighted by Gasteiger charge is -2.31. The van der Waals surface area contributed by atoms with Gasteiger partial charge < -0.3 is 35.3 Å². The third-order valence-electron chi connectivity index (χ3n) is 9.85. The van der Waals surface area contributed by atoms with Gasteiger partial charge in [-0.2, -0.15) is 4.31 Å². The number of nitrogens with one attached hydrogen (secondary N) is 3. The number of anilines is 1. The van der Waals surface area contributed by atoms with E-state index >= 15 is 0 Å². The van der Waals surface area contributed by atoms with Crippen LogP contribution in [-0.4, -0.2) is 87.2 Å². The average Bonchev–Trinajstić information content (AvgIpc) is 3.82. The van der Waals surface area contributed by atoms with Gasteiger partial charge in [0.05, 0.1) is 41.7 Å². The number of alkyl carbamates (subject to hydrolysis) is 1. The van der Waals surface area contributed by atoms with Crippen LogP contribution in [0.15, 0.2) is 59.6 Å². The van der Waals surface area contributed by atoms with Crippen LogP contribution in [0.2, 0.25) is 0 Å². The summed E-state index contributed by atoms with van der Waals surface area (Å²) in [4.78, 5) is 26.1. The first kappa shape index (κ1) is 39.7. The van der Waals surface area contributed by atoms with Gasteiger partial charge in [-0.15, -0.1) is 0 Å². The molecule has 2 amide bonds. The molecule has 2 aromatic carbocycles. The quantitative estimate of drug-likeness (QED) is 0.103. The number of aliphatic hydroxyl groups is 1. The van der Waals surface area contributed by atoms with Gasteiger partial charge in [-0.3, -0.25) is 4.79 Å². The Kier molecular flexibility index (Phi) is 14.5. The van der Waals surface area contributed by atoms with Gasteiger partial charge in [-0.05, 0) is 48.9 Å². The predicted octanol–water partition coefficient (Wildman–Crippen LogP) is 5.43. The molecule has 3 aliphatic heterocycles.